The van der Waals surface area contributed by atoms with Gasteiger partial charge in [-0.15, -0.1) is 0 Å². The Balaban J connectivity index is 0.00000144. The SMILES string of the molecule is O.O.[Li][c]1cccc(-c2ccc(C(C)C)cc2)n1. The van der Waals surface area contributed by atoms with Crippen LogP contribution in [0.5, 0.6) is 0 Å². The van der Waals surface area contributed by atoms with E-state index in [4.69, 9.17) is 0 Å². The van der Waals surface area contributed by atoms with E-state index in [1.807, 2.05) is 29.8 Å². The molecule has 0 fully saturated rings. The Bertz CT molecular complexity index is 483. The quantitative estimate of drug-likeness (QED) is 0.721. The van der Waals surface area contributed by atoms with E-state index in [1.165, 1.54) is 11.1 Å². The van der Waals surface area contributed by atoms with Gasteiger partial charge in [-0.3, -0.25) is 0 Å². The summed E-state index contributed by atoms with van der Waals surface area (Å²) in [5.41, 5.74) is 3.61. The summed E-state index contributed by atoms with van der Waals surface area (Å²) in [5.74, 6) is 0.583. The van der Waals surface area contributed by atoms with Crippen LogP contribution in [-0.2, 0) is 0 Å². The average molecular weight is 239 g/mol. The summed E-state index contributed by atoms with van der Waals surface area (Å²) in [6, 6.07) is 14.8. The molecule has 1 aromatic heterocycles. The van der Waals surface area contributed by atoms with E-state index in [0.29, 0.717) is 5.92 Å². The molecule has 0 radical (unpaired) electrons. The molecule has 3 nitrogen and oxygen atoms in total. The fourth-order valence-electron chi connectivity index (χ4n) is 1.74. The van der Waals surface area contributed by atoms with Crippen LogP contribution in [0.4, 0.5) is 0 Å². The normalized spacial score (nSPS) is 9.61. The van der Waals surface area contributed by atoms with Crippen molar-refractivity contribution in [2.75, 3.05) is 0 Å². The standard InChI is InChI=1S/C14H14N.Li.2H2O/c1-11(2)12-6-8-13(9-7-12)14-5-3-4-10-15-14;;;/h3-9,11H,1-2H3;;2*1H2. The van der Waals surface area contributed by atoms with Gasteiger partial charge in [0.05, 0.1) is 0 Å². The van der Waals surface area contributed by atoms with E-state index in [1.54, 1.807) is 0 Å². The van der Waals surface area contributed by atoms with E-state index in [9.17, 15) is 0 Å². The number of aromatic nitrogens is 1. The van der Waals surface area contributed by atoms with E-state index in [2.05, 4.69) is 49.2 Å². The van der Waals surface area contributed by atoms with Crippen LogP contribution in [-0.4, -0.2) is 33.7 Å². The Morgan fingerprint density at radius 2 is 1.56 bits per heavy atom. The van der Waals surface area contributed by atoms with Gasteiger partial charge in [0.1, 0.15) is 0 Å². The fraction of sp³-hybridized carbons (Fsp3) is 0.214. The Kier molecular flexibility index (Phi) is 6.90. The number of hydrogen-bond acceptors (Lipinski definition) is 1. The predicted molar refractivity (Wildman–Crippen MR) is 76.4 cm³/mol. The number of hydrogen-bond donors (Lipinski definition) is 0. The molecule has 0 atom stereocenters. The molecule has 0 saturated carbocycles. The minimum absolute atomic E-state index is 0. The summed E-state index contributed by atoms with van der Waals surface area (Å²) in [6.07, 6.45) is 0. The van der Waals surface area contributed by atoms with Gasteiger partial charge in [0.2, 0.25) is 0 Å². The molecule has 4 heteroatoms. The molecule has 1 heterocycles. The van der Waals surface area contributed by atoms with Crippen molar-refractivity contribution in [3.8, 4) is 11.3 Å². The van der Waals surface area contributed by atoms with Crippen molar-refractivity contribution < 1.29 is 11.0 Å². The minimum atomic E-state index is 0. The first-order valence-corrected chi connectivity index (χ1v) is 5.71. The van der Waals surface area contributed by atoms with Crippen LogP contribution in [0.3, 0.4) is 0 Å². The summed E-state index contributed by atoms with van der Waals surface area (Å²) in [4.78, 5) is 4.52. The number of rotatable bonds is 2. The molecular weight excluding hydrogens is 221 g/mol. The van der Waals surface area contributed by atoms with Gasteiger partial charge in [0.15, 0.2) is 0 Å². The van der Waals surface area contributed by atoms with Gasteiger partial charge < -0.3 is 11.0 Å². The monoisotopic (exact) mass is 239 g/mol. The maximum atomic E-state index is 4.52. The van der Waals surface area contributed by atoms with Crippen molar-refractivity contribution in [3.05, 3.63) is 48.0 Å². The Morgan fingerprint density at radius 3 is 2.06 bits per heavy atom. The molecule has 0 bridgehead atoms. The Morgan fingerprint density at radius 1 is 0.944 bits per heavy atom. The van der Waals surface area contributed by atoms with E-state index in [0.717, 1.165) is 10.1 Å². The molecule has 0 aliphatic heterocycles. The third kappa shape index (κ3) is 3.97. The topological polar surface area (TPSA) is 75.9 Å². The molecule has 92 valence electrons. The van der Waals surface area contributed by atoms with Crippen molar-refractivity contribution in [1.82, 2.24) is 4.98 Å². The summed E-state index contributed by atoms with van der Waals surface area (Å²) < 4.78 is 1.06. The second kappa shape index (κ2) is 7.35. The van der Waals surface area contributed by atoms with Gasteiger partial charge in [0, 0.05) is 0 Å². The molecule has 2 aromatic rings. The molecule has 18 heavy (non-hydrogen) atoms. The number of benzene rings is 1. The van der Waals surface area contributed by atoms with Crippen LogP contribution in [0.1, 0.15) is 25.3 Å². The zero-order valence-electron chi connectivity index (χ0n) is 11.1. The van der Waals surface area contributed by atoms with Crippen LogP contribution >= 0.6 is 0 Å². The Hall–Kier alpha value is -1.11. The summed E-state index contributed by atoms with van der Waals surface area (Å²) in [5, 5.41) is 0. The number of pyridine rings is 1. The second-order valence-corrected chi connectivity index (χ2v) is 4.44. The third-order valence-corrected chi connectivity index (χ3v) is 2.76. The molecule has 1 aromatic carbocycles. The molecule has 0 aliphatic rings. The fourth-order valence-corrected chi connectivity index (χ4v) is 1.74. The molecule has 4 N–H and O–H groups in total. The van der Waals surface area contributed by atoms with E-state index in [-0.39, 0.29) is 11.0 Å². The van der Waals surface area contributed by atoms with Gasteiger partial charge in [-0.05, 0) is 0 Å². The summed E-state index contributed by atoms with van der Waals surface area (Å²) in [6.45, 7) is 4.42. The van der Waals surface area contributed by atoms with E-state index >= 15 is 0 Å². The van der Waals surface area contributed by atoms with Crippen molar-refractivity contribution in [2.24, 2.45) is 0 Å². The first kappa shape index (κ1) is 16.9. The van der Waals surface area contributed by atoms with Crippen molar-refractivity contribution in [2.45, 2.75) is 19.8 Å². The first-order chi connectivity index (χ1) is 7.66. The predicted octanol–water partition coefficient (Wildman–Crippen LogP) is 1.02. The molecule has 0 saturated heterocycles. The molecule has 0 spiro atoms. The zero-order chi connectivity index (χ0) is 11.5. The van der Waals surface area contributed by atoms with Crippen LogP contribution in [0, 0.1) is 0 Å². The van der Waals surface area contributed by atoms with E-state index < -0.39 is 0 Å². The molecule has 0 amide bonds. The summed E-state index contributed by atoms with van der Waals surface area (Å²) >= 11 is 2.02. The maximum absolute atomic E-state index is 4.52. The third-order valence-electron chi connectivity index (χ3n) is 2.76. The van der Waals surface area contributed by atoms with Gasteiger partial charge in [0.25, 0.3) is 0 Å². The van der Waals surface area contributed by atoms with Crippen molar-refractivity contribution in [1.29, 1.82) is 0 Å². The van der Waals surface area contributed by atoms with Crippen LogP contribution in [0.15, 0.2) is 42.5 Å². The second-order valence-electron chi connectivity index (χ2n) is 4.44. The van der Waals surface area contributed by atoms with Crippen molar-refractivity contribution >= 4 is 22.1 Å². The number of nitrogens with zero attached hydrogens (tertiary/aromatic N) is 1. The van der Waals surface area contributed by atoms with Crippen LogP contribution < -0.4 is 4.37 Å². The molecule has 0 unspecified atom stereocenters. The molecule has 0 aliphatic carbocycles. The van der Waals surface area contributed by atoms with Gasteiger partial charge in [-0.1, -0.05) is 0 Å². The van der Waals surface area contributed by atoms with Gasteiger partial charge in [-0.25, -0.2) is 0 Å². The van der Waals surface area contributed by atoms with Crippen molar-refractivity contribution in [3.63, 3.8) is 0 Å². The van der Waals surface area contributed by atoms with Gasteiger partial charge in [-0.2, -0.15) is 0 Å². The molecular formula is C14H18LiNO2. The first-order valence-electron chi connectivity index (χ1n) is 5.71. The van der Waals surface area contributed by atoms with Crippen LogP contribution in [0.25, 0.3) is 11.3 Å². The van der Waals surface area contributed by atoms with Crippen LogP contribution in [0.2, 0.25) is 0 Å². The summed E-state index contributed by atoms with van der Waals surface area (Å²) in [7, 11) is 0. The van der Waals surface area contributed by atoms with Gasteiger partial charge >= 0.3 is 106 Å². The zero-order valence-corrected chi connectivity index (χ0v) is 11.1. The Labute approximate surface area is 117 Å². The molecule has 2 rings (SSSR count). The average Bonchev–Trinajstić information content (AvgIpc) is 2.29.